The van der Waals surface area contributed by atoms with Crippen LogP contribution in [0.2, 0.25) is 0 Å². The first-order valence-corrected chi connectivity index (χ1v) is 3.84. The molecule has 0 amide bonds. The average molecular weight is 180 g/mol. The van der Waals surface area contributed by atoms with Crippen LogP contribution in [0.3, 0.4) is 0 Å². The molecule has 0 spiro atoms. The minimum atomic E-state index is -1.18. The van der Waals surface area contributed by atoms with Crippen LogP contribution in [-0.4, -0.2) is 11.1 Å². The predicted octanol–water partition coefficient (Wildman–Crippen LogP) is -0.468. The fraction of sp³-hybridized carbons (Fsp3) is 0.222. The molecule has 1 atom stereocenters. The standard InChI is InChI=1S/C9H11NO3/c10-8(5-9(12)13)6-1-3-7(11)4-2-6/h1-4,8,11H,5,10H2,(H,12,13)/p-1. The maximum absolute atomic E-state index is 10.2. The number of carbonyl (C=O) groups is 1. The summed E-state index contributed by atoms with van der Waals surface area (Å²) >= 11 is 0. The van der Waals surface area contributed by atoms with Gasteiger partial charge >= 0.3 is 0 Å². The molecule has 4 heteroatoms. The number of hydrogen-bond donors (Lipinski definition) is 2. The average Bonchev–Trinajstić information content (AvgIpc) is 2.04. The third-order valence-corrected chi connectivity index (χ3v) is 1.71. The second kappa shape index (κ2) is 3.91. The molecular formula is C9H10NO3-. The van der Waals surface area contributed by atoms with Crippen LogP contribution in [0.25, 0.3) is 0 Å². The molecule has 0 aliphatic heterocycles. The number of nitrogens with two attached hydrogens (primary N) is 1. The van der Waals surface area contributed by atoms with Gasteiger partial charge in [0, 0.05) is 18.4 Å². The summed E-state index contributed by atoms with van der Waals surface area (Å²) < 4.78 is 0. The number of phenolic OH excluding ortho intramolecular Hbond substituents is 1. The Bertz CT molecular complexity index is 294. The molecule has 0 aliphatic rings. The Kier molecular flexibility index (Phi) is 2.87. The summed E-state index contributed by atoms with van der Waals surface area (Å²) in [5, 5.41) is 19.2. The summed E-state index contributed by atoms with van der Waals surface area (Å²) in [6, 6.07) is 5.52. The maximum atomic E-state index is 10.2. The van der Waals surface area contributed by atoms with E-state index >= 15 is 0 Å². The lowest BCUT2D eigenvalue weighted by atomic mass is 10.1. The number of phenols is 1. The molecule has 0 bridgehead atoms. The van der Waals surface area contributed by atoms with Crippen LogP contribution in [-0.2, 0) is 4.79 Å². The Balaban J connectivity index is 2.71. The largest absolute Gasteiger partial charge is 0.550 e. The first kappa shape index (κ1) is 9.54. The van der Waals surface area contributed by atoms with E-state index < -0.39 is 12.0 Å². The zero-order valence-electron chi connectivity index (χ0n) is 6.93. The number of aliphatic carboxylic acids is 1. The summed E-state index contributed by atoms with van der Waals surface area (Å²) in [5.74, 6) is -1.05. The van der Waals surface area contributed by atoms with Gasteiger partial charge in [0.15, 0.2) is 0 Å². The van der Waals surface area contributed by atoms with Crippen LogP contribution in [0.5, 0.6) is 5.75 Å². The zero-order chi connectivity index (χ0) is 9.84. The molecule has 0 radical (unpaired) electrons. The van der Waals surface area contributed by atoms with Crippen LogP contribution in [0.15, 0.2) is 24.3 Å². The molecule has 4 nitrogen and oxygen atoms in total. The summed E-state index contributed by atoms with van der Waals surface area (Å²) in [6.45, 7) is 0. The van der Waals surface area contributed by atoms with Crippen molar-refractivity contribution in [3.63, 3.8) is 0 Å². The second-order valence-corrected chi connectivity index (χ2v) is 2.77. The van der Waals surface area contributed by atoms with Crippen molar-refractivity contribution in [2.45, 2.75) is 12.5 Å². The lowest BCUT2D eigenvalue weighted by molar-refractivity contribution is -0.306. The maximum Gasteiger partial charge on any atom is 0.115 e. The number of carboxylic acid groups (broad SMARTS) is 1. The smallest absolute Gasteiger partial charge is 0.115 e. The van der Waals surface area contributed by atoms with E-state index in [-0.39, 0.29) is 12.2 Å². The summed E-state index contributed by atoms with van der Waals surface area (Å²) in [6.07, 6.45) is -0.217. The first-order chi connectivity index (χ1) is 6.09. The topological polar surface area (TPSA) is 86.4 Å². The number of rotatable bonds is 3. The summed E-state index contributed by atoms with van der Waals surface area (Å²) in [7, 11) is 0. The van der Waals surface area contributed by atoms with Crippen LogP contribution < -0.4 is 10.8 Å². The van der Waals surface area contributed by atoms with Gasteiger partial charge in [-0.25, -0.2) is 0 Å². The van der Waals surface area contributed by atoms with Gasteiger partial charge in [-0.15, -0.1) is 0 Å². The molecule has 0 aliphatic carbocycles. The van der Waals surface area contributed by atoms with Gasteiger partial charge < -0.3 is 20.7 Å². The molecule has 0 saturated carbocycles. The fourth-order valence-corrected chi connectivity index (χ4v) is 1.02. The van der Waals surface area contributed by atoms with E-state index in [2.05, 4.69) is 0 Å². The number of carboxylic acids is 1. The van der Waals surface area contributed by atoms with Gasteiger partial charge in [0.2, 0.25) is 0 Å². The summed E-state index contributed by atoms with van der Waals surface area (Å²) in [5.41, 5.74) is 6.21. The first-order valence-electron chi connectivity index (χ1n) is 3.84. The van der Waals surface area contributed by atoms with Crippen molar-refractivity contribution in [1.29, 1.82) is 0 Å². The highest BCUT2D eigenvalue weighted by Crippen LogP contribution is 2.16. The lowest BCUT2D eigenvalue weighted by Gasteiger charge is -2.12. The molecule has 0 aromatic heterocycles. The Labute approximate surface area is 75.6 Å². The minimum absolute atomic E-state index is 0.129. The number of aromatic hydroxyl groups is 1. The van der Waals surface area contributed by atoms with Crippen molar-refractivity contribution in [2.24, 2.45) is 5.73 Å². The van der Waals surface area contributed by atoms with Gasteiger partial charge in [-0.05, 0) is 17.7 Å². The third kappa shape index (κ3) is 2.76. The highest BCUT2D eigenvalue weighted by molar-refractivity contribution is 5.65. The molecule has 3 N–H and O–H groups in total. The van der Waals surface area contributed by atoms with Gasteiger partial charge in [-0.3, -0.25) is 0 Å². The Morgan fingerprint density at radius 3 is 2.46 bits per heavy atom. The fourth-order valence-electron chi connectivity index (χ4n) is 1.02. The van der Waals surface area contributed by atoms with E-state index in [9.17, 15) is 9.90 Å². The molecule has 1 aromatic rings. The summed E-state index contributed by atoms with van der Waals surface area (Å²) in [4.78, 5) is 10.2. The van der Waals surface area contributed by atoms with E-state index in [4.69, 9.17) is 10.8 Å². The van der Waals surface area contributed by atoms with Gasteiger partial charge in [-0.2, -0.15) is 0 Å². The normalized spacial score (nSPS) is 12.4. The Hall–Kier alpha value is -1.55. The molecule has 0 saturated heterocycles. The zero-order valence-corrected chi connectivity index (χ0v) is 6.93. The van der Waals surface area contributed by atoms with E-state index in [0.29, 0.717) is 5.56 Å². The van der Waals surface area contributed by atoms with Crippen molar-refractivity contribution in [3.05, 3.63) is 29.8 Å². The molecular weight excluding hydrogens is 170 g/mol. The third-order valence-electron chi connectivity index (χ3n) is 1.71. The van der Waals surface area contributed by atoms with Crippen molar-refractivity contribution in [1.82, 2.24) is 0 Å². The van der Waals surface area contributed by atoms with Crippen molar-refractivity contribution >= 4 is 5.97 Å². The SMILES string of the molecule is NC(CC(=O)[O-])c1ccc(O)cc1. The van der Waals surface area contributed by atoms with Crippen molar-refractivity contribution in [3.8, 4) is 5.75 Å². The van der Waals surface area contributed by atoms with Gasteiger partial charge in [-0.1, -0.05) is 12.1 Å². The second-order valence-electron chi connectivity index (χ2n) is 2.77. The van der Waals surface area contributed by atoms with Gasteiger partial charge in [0.05, 0.1) is 0 Å². The van der Waals surface area contributed by atoms with E-state index in [1.807, 2.05) is 0 Å². The lowest BCUT2D eigenvalue weighted by Crippen LogP contribution is -2.27. The van der Waals surface area contributed by atoms with Gasteiger partial charge in [0.1, 0.15) is 5.75 Å². The predicted molar refractivity (Wildman–Crippen MR) is 44.7 cm³/mol. The monoisotopic (exact) mass is 180 g/mol. The van der Waals surface area contributed by atoms with Crippen LogP contribution in [0.4, 0.5) is 0 Å². The van der Waals surface area contributed by atoms with Crippen LogP contribution in [0, 0.1) is 0 Å². The number of hydrogen-bond acceptors (Lipinski definition) is 4. The van der Waals surface area contributed by atoms with Crippen molar-refractivity contribution < 1.29 is 15.0 Å². The molecule has 1 rings (SSSR count). The number of benzene rings is 1. The Morgan fingerprint density at radius 1 is 1.46 bits per heavy atom. The molecule has 13 heavy (non-hydrogen) atoms. The molecule has 70 valence electrons. The molecule has 0 fully saturated rings. The van der Waals surface area contributed by atoms with E-state index in [1.54, 1.807) is 12.1 Å². The Morgan fingerprint density at radius 2 is 2.00 bits per heavy atom. The molecule has 1 aromatic carbocycles. The van der Waals surface area contributed by atoms with Crippen molar-refractivity contribution in [2.75, 3.05) is 0 Å². The van der Waals surface area contributed by atoms with Crippen LogP contribution in [0.1, 0.15) is 18.0 Å². The minimum Gasteiger partial charge on any atom is -0.550 e. The van der Waals surface area contributed by atoms with Gasteiger partial charge in [0.25, 0.3) is 0 Å². The number of carbonyl (C=O) groups excluding carboxylic acids is 1. The van der Waals surface area contributed by atoms with E-state index in [0.717, 1.165) is 0 Å². The van der Waals surface area contributed by atoms with Crippen LogP contribution >= 0.6 is 0 Å². The van der Waals surface area contributed by atoms with E-state index in [1.165, 1.54) is 12.1 Å². The molecule has 0 heterocycles. The highest BCUT2D eigenvalue weighted by Gasteiger charge is 2.05. The molecule has 1 unspecified atom stereocenters. The highest BCUT2D eigenvalue weighted by atomic mass is 16.4. The quantitative estimate of drug-likeness (QED) is 0.658.